The standard InChI is InChI=1S/C28H30F3NO5/c1-4-26(2,3)24-10-17-9-16(20(29)13-21(17)32(24)14-19(34)15-33)11-25(35)27(7-8-27)18-5-6-22-23(12-18)37-28(30,31)36-22/h5-6,9-10,12-13,19,33-34H,4,7-8,11,14-15H2,1-3H3/t19-/m1/s1/i2D3,4D2,7D2,8D2,9D,10D,13D,15D2/t19-,26?. The summed E-state index contributed by atoms with van der Waals surface area (Å²) in [5.74, 6) is -4.28. The number of carbonyl (C=O) groups is 1. The van der Waals surface area contributed by atoms with Crippen LogP contribution < -0.4 is 9.47 Å². The minimum atomic E-state index is -4.13. The molecule has 9 heteroatoms. The number of Topliss-reactive ketones (excluding diaryl/α,β-unsaturated/α-hetero) is 1. The predicted molar refractivity (Wildman–Crippen MR) is 131 cm³/mol. The number of fused-ring (bicyclic) bond motifs is 2. The number of carbonyl (C=O) groups excluding carboxylic acids is 1. The zero-order chi connectivity index (χ0) is 39.0. The molecule has 1 aliphatic carbocycles. The van der Waals surface area contributed by atoms with Crippen molar-refractivity contribution in [3.05, 3.63) is 59.0 Å². The van der Waals surface area contributed by atoms with E-state index in [0.29, 0.717) is 4.57 Å². The first kappa shape index (κ1) is 13.7. The second-order valence-electron chi connectivity index (χ2n) is 8.80. The molecule has 0 radical (unpaired) electrons. The Morgan fingerprint density at radius 1 is 1.32 bits per heavy atom. The molecule has 2 N–H and O–H groups in total. The van der Waals surface area contributed by atoms with E-state index in [4.69, 9.17) is 19.2 Å². The van der Waals surface area contributed by atoms with E-state index in [1.807, 2.05) is 0 Å². The molecule has 2 atom stereocenters. The fraction of sp³-hybridized carbons (Fsp3) is 0.464. The third-order valence-electron chi connectivity index (χ3n) is 6.23. The Morgan fingerprint density at radius 3 is 2.70 bits per heavy atom. The van der Waals surface area contributed by atoms with Gasteiger partial charge in [0.2, 0.25) is 0 Å². The van der Waals surface area contributed by atoms with Gasteiger partial charge in [-0.25, -0.2) is 4.39 Å². The van der Waals surface area contributed by atoms with Crippen molar-refractivity contribution in [3.63, 3.8) is 0 Å². The smallest absolute Gasteiger partial charge is 0.395 e. The van der Waals surface area contributed by atoms with Gasteiger partial charge in [-0.05, 0) is 60.5 Å². The van der Waals surface area contributed by atoms with Crippen LogP contribution in [0.25, 0.3) is 10.9 Å². The van der Waals surface area contributed by atoms with Crippen LogP contribution in [0.4, 0.5) is 13.2 Å². The highest BCUT2D eigenvalue weighted by molar-refractivity contribution is 5.95. The molecule has 0 saturated heterocycles. The number of halogens is 3. The first-order chi connectivity index (χ1) is 22.8. The van der Waals surface area contributed by atoms with Crippen LogP contribution >= 0.6 is 0 Å². The molecule has 2 aromatic carbocycles. The van der Waals surface area contributed by atoms with Crippen LogP contribution in [0.15, 0.2) is 36.3 Å². The van der Waals surface area contributed by atoms with Gasteiger partial charge in [-0.2, -0.15) is 0 Å². The highest BCUT2D eigenvalue weighted by Gasteiger charge is 2.52. The van der Waals surface area contributed by atoms with Gasteiger partial charge in [0.15, 0.2) is 11.5 Å². The zero-order valence-corrected chi connectivity index (χ0v) is 19.4. The topological polar surface area (TPSA) is 80.9 Å². The van der Waals surface area contributed by atoms with Gasteiger partial charge < -0.3 is 24.3 Å². The number of aliphatic hydroxyl groups excluding tert-OH is 1. The number of aromatic nitrogens is 1. The molecular weight excluding hydrogens is 487 g/mol. The molecule has 2 aliphatic rings. The lowest BCUT2D eigenvalue weighted by Crippen LogP contribution is -2.26. The van der Waals surface area contributed by atoms with Crippen molar-refractivity contribution in [3.8, 4) is 11.5 Å². The maximum absolute atomic E-state index is 16.3. The molecule has 37 heavy (non-hydrogen) atoms. The molecule has 1 saturated carbocycles. The molecule has 1 aliphatic heterocycles. The second-order valence-corrected chi connectivity index (χ2v) is 8.80. The summed E-state index contributed by atoms with van der Waals surface area (Å²) < 4.78 is 169. The zero-order valence-electron chi connectivity index (χ0n) is 33.4. The summed E-state index contributed by atoms with van der Waals surface area (Å²) in [5, 5.41) is 19.5. The summed E-state index contributed by atoms with van der Waals surface area (Å²) in [5.41, 5.74) is -8.72. The van der Waals surface area contributed by atoms with Gasteiger partial charge in [-0.3, -0.25) is 4.79 Å². The van der Waals surface area contributed by atoms with Gasteiger partial charge in [0, 0.05) is 35.3 Å². The summed E-state index contributed by atoms with van der Waals surface area (Å²) in [4.78, 5) is 14.1. The Morgan fingerprint density at radius 2 is 2.05 bits per heavy atom. The van der Waals surface area contributed by atoms with Crippen molar-refractivity contribution in [2.75, 3.05) is 6.56 Å². The largest absolute Gasteiger partial charge is 0.586 e. The second kappa shape index (κ2) is 8.77. The minimum absolute atomic E-state index is 0.512. The molecule has 0 amide bonds. The van der Waals surface area contributed by atoms with Crippen LogP contribution in [0, 0.1) is 5.82 Å². The summed E-state index contributed by atoms with van der Waals surface area (Å²) in [6.07, 6.45) is -16.8. The van der Waals surface area contributed by atoms with Crippen LogP contribution in [0.1, 0.15) is 75.8 Å². The molecule has 0 bridgehead atoms. The Hall–Kier alpha value is -3.04. The van der Waals surface area contributed by atoms with Gasteiger partial charge in [0.1, 0.15) is 11.6 Å². The van der Waals surface area contributed by atoms with Gasteiger partial charge in [-0.1, -0.05) is 26.8 Å². The SMILES string of the molecule is [2H]c1c(CC(=O)C2(c3ccc4c(c3)OC(F)(F)O4)C([2H])([2H])C2([2H])[2H])c(F)c([2H])c2c1c([2H])c(C(C)(C([2H])([2H])[2H])C([2H])([2H])C)n2C[C@@H](O)C([2H])([2H])O. The third-order valence-corrected chi connectivity index (χ3v) is 6.23. The fourth-order valence-electron chi connectivity index (χ4n) is 4.11. The van der Waals surface area contributed by atoms with E-state index >= 15 is 4.39 Å². The number of nitrogens with zero attached hydrogens (tertiary/aromatic N) is 1. The van der Waals surface area contributed by atoms with Crippen LogP contribution in [-0.4, -0.2) is 39.5 Å². The molecule has 1 unspecified atom stereocenters. The number of ketones is 1. The molecule has 3 aromatic rings. The first-order valence-corrected chi connectivity index (χ1v) is 11.0. The Labute approximate surface area is 232 Å². The molecule has 6 nitrogen and oxygen atoms in total. The van der Waals surface area contributed by atoms with Crippen molar-refractivity contribution in [1.82, 2.24) is 4.57 Å². The molecule has 1 aromatic heterocycles. The van der Waals surface area contributed by atoms with Crippen molar-refractivity contribution in [1.29, 1.82) is 0 Å². The van der Waals surface area contributed by atoms with E-state index in [0.717, 1.165) is 32.0 Å². The average Bonchev–Trinajstić information content (AvgIpc) is 3.20. The van der Waals surface area contributed by atoms with Crippen LogP contribution in [0.2, 0.25) is 0 Å². The molecule has 0 spiro atoms. The predicted octanol–water partition coefficient (Wildman–Crippen LogP) is 4.99. The Balaban J connectivity index is 1.76. The first-order valence-electron chi connectivity index (χ1n) is 18.0. The monoisotopic (exact) mass is 531 g/mol. The lowest BCUT2D eigenvalue weighted by molar-refractivity contribution is -0.286. The van der Waals surface area contributed by atoms with Crippen LogP contribution in [-0.2, 0) is 28.6 Å². The lowest BCUT2D eigenvalue weighted by Gasteiger charge is -2.26. The summed E-state index contributed by atoms with van der Waals surface area (Å²) >= 11 is 0. The van der Waals surface area contributed by atoms with Crippen molar-refractivity contribution in [2.24, 2.45) is 0 Å². The number of alkyl halides is 2. The highest BCUT2D eigenvalue weighted by atomic mass is 19.3. The van der Waals surface area contributed by atoms with E-state index < -0.39 is 138 Å². The van der Waals surface area contributed by atoms with Crippen LogP contribution in [0.5, 0.6) is 11.5 Å². The van der Waals surface area contributed by atoms with E-state index in [9.17, 15) is 23.8 Å². The minimum Gasteiger partial charge on any atom is -0.395 e. The van der Waals surface area contributed by atoms with Gasteiger partial charge in [0.25, 0.3) is 0 Å². The average molecular weight is 532 g/mol. The quantitative estimate of drug-likeness (QED) is 0.407. The van der Waals surface area contributed by atoms with Crippen molar-refractivity contribution >= 4 is 16.7 Å². The summed E-state index contributed by atoms with van der Waals surface area (Å²) in [6.45, 7) is -6.20. The lowest BCUT2D eigenvalue weighted by atomic mass is 9.86. The van der Waals surface area contributed by atoms with Crippen molar-refractivity contribution in [2.45, 2.75) is 76.0 Å². The van der Waals surface area contributed by atoms with Crippen LogP contribution in [0.3, 0.4) is 0 Å². The maximum atomic E-state index is 16.3. The summed E-state index contributed by atoms with van der Waals surface area (Å²) in [7, 11) is 0. The third kappa shape index (κ3) is 4.48. The van der Waals surface area contributed by atoms with E-state index in [1.54, 1.807) is 0 Å². The Kier molecular flexibility index (Phi) is 3.24. The fourth-order valence-corrected chi connectivity index (χ4v) is 4.11. The molecule has 198 valence electrons. The number of ether oxygens (including phenoxy) is 2. The number of hydrogen-bond acceptors (Lipinski definition) is 5. The van der Waals surface area contributed by atoms with E-state index in [1.165, 1.54) is 0 Å². The Bertz CT molecular complexity index is 1940. The highest BCUT2D eigenvalue weighted by Crippen LogP contribution is 2.52. The molecule has 1 fully saturated rings. The van der Waals surface area contributed by atoms with E-state index in [-0.39, 0.29) is 0 Å². The van der Waals surface area contributed by atoms with Crippen molar-refractivity contribution < 1.29 is 56.8 Å². The molecular formula is C28H30F3NO5. The maximum Gasteiger partial charge on any atom is 0.586 e. The number of benzene rings is 2. The number of rotatable bonds is 9. The number of hydrogen-bond donors (Lipinski definition) is 2. The van der Waals surface area contributed by atoms with Gasteiger partial charge >= 0.3 is 6.29 Å². The van der Waals surface area contributed by atoms with Gasteiger partial charge in [0.05, 0.1) is 37.0 Å². The van der Waals surface area contributed by atoms with E-state index in [2.05, 4.69) is 9.47 Å². The molecule has 2 heterocycles. The normalized spacial score (nSPS) is 28.9. The van der Waals surface area contributed by atoms with Gasteiger partial charge in [-0.15, -0.1) is 8.78 Å². The molecule has 5 rings (SSSR count). The summed E-state index contributed by atoms with van der Waals surface area (Å²) in [6, 6.07) is -0.749. The number of aliphatic hydroxyl groups is 2.